The summed E-state index contributed by atoms with van der Waals surface area (Å²) in [4.78, 5) is 34.5. The third-order valence-electron chi connectivity index (χ3n) is 8.19. The van der Waals surface area contributed by atoms with Crippen LogP contribution < -0.4 is 21.7 Å². The third kappa shape index (κ3) is 6.00. The number of aryl methyl sites for hydroxylation is 1. The number of rotatable bonds is 4. The minimum atomic E-state index is -0.233. The summed E-state index contributed by atoms with van der Waals surface area (Å²) in [6.07, 6.45) is 4.53. The van der Waals surface area contributed by atoms with Crippen molar-refractivity contribution in [1.82, 2.24) is 20.5 Å². The normalized spacial score (nSPS) is 21.7. The number of fused-ring (bicyclic) bond motifs is 2. The third-order valence-corrected chi connectivity index (χ3v) is 9.23. The minimum absolute atomic E-state index is 0.0967. The Hall–Kier alpha value is -3.43. The van der Waals surface area contributed by atoms with E-state index in [0.717, 1.165) is 41.7 Å². The van der Waals surface area contributed by atoms with Gasteiger partial charge < -0.3 is 26.6 Å². The van der Waals surface area contributed by atoms with Crippen LogP contribution in [0.25, 0.3) is 15.9 Å². The highest BCUT2D eigenvalue weighted by atomic mass is 32.1. The summed E-state index contributed by atoms with van der Waals surface area (Å²) in [5.41, 5.74) is 10.5. The zero-order valence-electron chi connectivity index (χ0n) is 24.0. The van der Waals surface area contributed by atoms with E-state index in [-0.39, 0.29) is 29.4 Å². The lowest BCUT2D eigenvalue weighted by Crippen LogP contribution is -2.57. The zero-order valence-corrected chi connectivity index (χ0v) is 24.8. The molecular weight excluding hydrogens is 520 g/mol. The molecule has 2 aliphatic rings. The van der Waals surface area contributed by atoms with E-state index in [0.29, 0.717) is 34.3 Å². The fourth-order valence-corrected chi connectivity index (χ4v) is 6.56. The molecule has 1 aliphatic heterocycles. The predicted molar refractivity (Wildman–Crippen MR) is 163 cm³/mol. The average Bonchev–Trinajstić information content (AvgIpc) is 3.34. The number of carbonyl (C=O) groups excluding carboxylic acids is 2. The first-order valence-corrected chi connectivity index (χ1v) is 14.9. The van der Waals surface area contributed by atoms with Crippen molar-refractivity contribution in [3.05, 3.63) is 64.3 Å². The maximum Gasteiger partial charge on any atom is 0.322 e. The van der Waals surface area contributed by atoms with Crippen molar-refractivity contribution in [3.63, 3.8) is 0 Å². The lowest BCUT2D eigenvalue weighted by atomic mass is 9.71. The van der Waals surface area contributed by atoms with Crippen LogP contribution in [-0.2, 0) is 12.8 Å². The summed E-state index contributed by atoms with van der Waals surface area (Å²) < 4.78 is 0. The van der Waals surface area contributed by atoms with Crippen molar-refractivity contribution in [2.75, 3.05) is 18.4 Å². The van der Waals surface area contributed by atoms with Crippen LogP contribution in [0.4, 0.5) is 10.5 Å². The van der Waals surface area contributed by atoms with Crippen molar-refractivity contribution in [1.29, 1.82) is 0 Å². The Morgan fingerprint density at radius 1 is 1.20 bits per heavy atom. The molecule has 1 aliphatic carbocycles. The molecule has 40 heavy (non-hydrogen) atoms. The Kier molecular flexibility index (Phi) is 7.88. The van der Waals surface area contributed by atoms with Gasteiger partial charge in [-0.05, 0) is 74.3 Å². The summed E-state index contributed by atoms with van der Waals surface area (Å²) >= 11 is 1.40. The van der Waals surface area contributed by atoms with Crippen molar-refractivity contribution in [2.45, 2.75) is 66.0 Å². The average molecular weight is 561 g/mol. The van der Waals surface area contributed by atoms with Crippen LogP contribution in [-0.4, -0.2) is 47.0 Å². The fraction of sp³-hybridized carbons (Fsp3) is 0.452. The standard InChI is InChI=1S/C31H40N6O2S/c1-18-17-37(19(2)16-33-18)30(39)34-24-8-6-7-20(13-24)26(15-32)35-28(38)27-14-22-11-21-12-23(31(3,4)5)9-10-25(21)36-29(22)40-27/h6-8,11,13-15,18-19,23,33H,9-10,12,16-17,32H2,1-5H3,(H,34,39)(H,35,38)/b26-15+/t18-,19+,23+/m0/s1. The summed E-state index contributed by atoms with van der Waals surface area (Å²) in [7, 11) is 0. The molecule has 5 rings (SSSR count). The lowest BCUT2D eigenvalue weighted by molar-refractivity contribution is 0.0977. The second-order valence-electron chi connectivity index (χ2n) is 12.3. The molecule has 9 heteroatoms. The van der Waals surface area contributed by atoms with Gasteiger partial charge in [-0.25, -0.2) is 9.78 Å². The molecule has 1 saturated heterocycles. The van der Waals surface area contributed by atoms with Gasteiger partial charge in [0.05, 0.1) is 10.6 Å². The van der Waals surface area contributed by atoms with Crippen LogP contribution in [0.1, 0.15) is 67.5 Å². The first-order valence-electron chi connectivity index (χ1n) is 14.1. The molecule has 5 N–H and O–H groups in total. The van der Waals surface area contributed by atoms with Crippen LogP contribution in [0, 0.1) is 11.3 Å². The molecular formula is C31H40N6O2S. The Bertz CT molecular complexity index is 1460. The quantitative estimate of drug-likeness (QED) is 0.344. The SMILES string of the molecule is C[C@@H]1CN[C@@H](C)CN1C(=O)Nc1cccc(/C(=C\N)NC(=O)c2cc3cc4c(nc3s2)CC[C@@H](C(C)(C)C)C4)c1. The Morgan fingerprint density at radius 2 is 2.00 bits per heavy atom. The Labute approximate surface area is 240 Å². The van der Waals surface area contributed by atoms with E-state index in [1.807, 2.05) is 42.2 Å². The van der Waals surface area contributed by atoms with E-state index in [2.05, 4.69) is 49.7 Å². The van der Waals surface area contributed by atoms with Crippen LogP contribution in [0.5, 0.6) is 0 Å². The number of hydrogen-bond donors (Lipinski definition) is 4. The summed E-state index contributed by atoms with van der Waals surface area (Å²) in [5.74, 6) is 0.394. The van der Waals surface area contributed by atoms with Gasteiger partial charge in [-0.2, -0.15) is 0 Å². The number of nitrogens with zero attached hydrogens (tertiary/aromatic N) is 2. The summed E-state index contributed by atoms with van der Waals surface area (Å²) in [5, 5.41) is 10.3. The van der Waals surface area contributed by atoms with Gasteiger partial charge in [-0.1, -0.05) is 32.9 Å². The van der Waals surface area contributed by atoms with Gasteiger partial charge in [0.2, 0.25) is 0 Å². The number of urea groups is 1. The van der Waals surface area contributed by atoms with Gasteiger partial charge in [0.1, 0.15) is 4.83 Å². The number of anilines is 1. The van der Waals surface area contributed by atoms with Crippen molar-refractivity contribution >= 4 is 44.9 Å². The molecule has 0 bridgehead atoms. The van der Waals surface area contributed by atoms with E-state index in [1.165, 1.54) is 23.1 Å². The highest BCUT2D eigenvalue weighted by Crippen LogP contribution is 2.38. The summed E-state index contributed by atoms with van der Waals surface area (Å²) in [6.45, 7) is 12.4. The lowest BCUT2D eigenvalue weighted by Gasteiger charge is -2.37. The van der Waals surface area contributed by atoms with Crippen LogP contribution in [0.3, 0.4) is 0 Å². The number of nitrogens with one attached hydrogen (secondary N) is 3. The van der Waals surface area contributed by atoms with Gasteiger partial charge in [0, 0.05) is 53.7 Å². The van der Waals surface area contributed by atoms with E-state index in [4.69, 9.17) is 10.7 Å². The predicted octanol–water partition coefficient (Wildman–Crippen LogP) is 5.35. The Balaban J connectivity index is 1.29. The van der Waals surface area contributed by atoms with E-state index >= 15 is 0 Å². The number of piperazine rings is 1. The second kappa shape index (κ2) is 11.2. The first kappa shape index (κ1) is 28.1. The highest BCUT2D eigenvalue weighted by molar-refractivity contribution is 7.20. The topological polar surface area (TPSA) is 112 Å². The van der Waals surface area contributed by atoms with E-state index < -0.39 is 0 Å². The van der Waals surface area contributed by atoms with Crippen molar-refractivity contribution < 1.29 is 9.59 Å². The number of thiophene rings is 1. The smallest absolute Gasteiger partial charge is 0.322 e. The number of nitrogens with two attached hydrogens (primary N) is 1. The van der Waals surface area contributed by atoms with Crippen LogP contribution in [0.2, 0.25) is 0 Å². The first-order chi connectivity index (χ1) is 19.0. The Morgan fingerprint density at radius 3 is 2.75 bits per heavy atom. The van der Waals surface area contributed by atoms with Gasteiger partial charge >= 0.3 is 6.03 Å². The van der Waals surface area contributed by atoms with Gasteiger partial charge in [-0.15, -0.1) is 11.3 Å². The molecule has 0 radical (unpaired) electrons. The van der Waals surface area contributed by atoms with E-state index in [1.54, 1.807) is 0 Å². The molecule has 1 fully saturated rings. The molecule has 0 spiro atoms. The number of carbonyl (C=O) groups is 2. The van der Waals surface area contributed by atoms with Crippen molar-refractivity contribution in [2.24, 2.45) is 17.1 Å². The fourth-order valence-electron chi connectivity index (χ4n) is 5.63. The maximum atomic E-state index is 13.3. The minimum Gasteiger partial charge on any atom is -0.403 e. The molecule has 0 unspecified atom stereocenters. The number of amides is 3. The van der Waals surface area contributed by atoms with Gasteiger partial charge in [0.15, 0.2) is 0 Å². The summed E-state index contributed by atoms with van der Waals surface area (Å²) in [6, 6.07) is 11.7. The molecule has 0 saturated carbocycles. The van der Waals surface area contributed by atoms with Crippen molar-refractivity contribution in [3.8, 4) is 0 Å². The zero-order chi connectivity index (χ0) is 28.6. The second-order valence-corrected chi connectivity index (χ2v) is 13.3. The highest BCUT2D eigenvalue weighted by Gasteiger charge is 2.30. The van der Waals surface area contributed by atoms with Crippen LogP contribution >= 0.6 is 11.3 Å². The number of pyridine rings is 1. The molecule has 3 heterocycles. The molecule has 212 valence electrons. The molecule has 1 aromatic carbocycles. The van der Waals surface area contributed by atoms with Gasteiger partial charge in [0.25, 0.3) is 5.91 Å². The maximum absolute atomic E-state index is 13.3. The number of benzene rings is 1. The number of hydrogen-bond acceptors (Lipinski definition) is 6. The molecule has 3 amide bonds. The monoisotopic (exact) mass is 560 g/mol. The van der Waals surface area contributed by atoms with Crippen LogP contribution in [0.15, 0.2) is 42.6 Å². The van der Waals surface area contributed by atoms with E-state index in [9.17, 15) is 9.59 Å². The molecule has 3 aromatic rings. The molecule has 2 aromatic heterocycles. The number of aromatic nitrogens is 1. The largest absolute Gasteiger partial charge is 0.403 e. The molecule has 8 nitrogen and oxygen atoms in total. The van der Waals surface area contributed by atoms with Gasteiger partial charge in [-0.3, -0.25) is 4.79 Å². The molecule has 3 atom stereocenters.